The molecule has 6 rings (SSSR count). The zero-order valence-corrected chi connectivity index (χ0v) is 28.9. The maximum Gasteiger partial charge on any atom is 0.260 e. The first-order valence-corrected chi connectivity index (χ1v) is 17.5. The second-order valence-electron chi connectivity index (χ2n) is 11.7. The van der Waals surface area contributed by atoms with Crippen LogP contribution < -0.4 is 20.1 Å². The Balaban J connectivity index is 1.33. The van der Waals surface area contributed by atoms with Crippen LogP contribution in [-0.2, 0) is 15.3 Å². The fourth-order valence-electron chi connectivity index (χ4n) is 5.91. The molecule has 0 bridgehead atoms. The van der Waals surface area contributed by atoms with Crippen molar-refractivity contribution in [1.29, 1.82) is 0 Å². The summed E-state index contributed by atoms with van der Waals surface area (Å²) in [6.45, 7) is 7.54. The third-order valence-corrected chi connectivity index (χ3v) is 9.68. The number of aryl methyl sites for hydroxylation is 1. The van der Waals surface area contributed by atoms with Gasteiger partial charge < -0.3 is 25.0 Å². The molecule has 1 unspecified atom stereocenters. The molecule has 3 aromatic carbocycles. The van der Waals surface area contributed by atoms with Gasteiger partial charge in [0.2, 0.25) is 11.1 Å². The number of rotatable bonds is 11. The van der Waals surface area contributed by atoms with E-state index in [4.69, 9.17) is 31.2 Å². The highest BCUT2D eigenvalue weighted by Gasteiger charge is 2.35. The molecule has 3 heterocycles. The van der Waals surface area contributed by atoms with Gasteiger partial charge in [0.25, 0.3) is 11.8 Å². The van der Waals surface area contributed by atoms with Crippen molar-refractivity contribution in [3.05, 3.63) is 99.7 Å². The molecule has 0 saturated carbocycles. The van der Waals surface area contributed by atoms with E-state index in [-0.39, 0.29) is 18.4 Å². The second-order valence-corrected chi connectivity index (χ2v) is 13.1. The standard InChI is InChI=1S/C36H39ClN6O4S/c1-4-46-30-20-25(16-17-29(30)47-21-31(44)42-18-10-5-11-19-42)33-32(34(45)39-28-15-9-6-12-23(28)2)24(3)38-35-40-36(41-43(33)35)48-22-26-13-7-8-14-27(26)37/h6-9,12-17,20,33H,4-5,10-11,18-19,21-22H2,1-3H3,(H,39,45)(H,38,40,41). The number of likely N-dealkylation sites (tertiary alicyclic amines) is 1. The SMILES string of the molecule is CCOc1cc(C2C(C(=O)Nc3ccccc3C)=C(C)Nc3nc(SCc4ccccc4Cl)nn32)ccc1OCC(=O)N1CCCCC1. The first-order chi connectivity index (χ1) is 23.3. The second kappa shape index (κ2) is 15.2. The Kier molecular flexibility index (Phi) is 10.6. The number of para-hydroxylation sites is 1. The number of nitrogens with zero attached hydrogens (tertiary/aromatic N) is 4. The van der Waals surface area contributed by atoms with Gasteiger partial charge in [0.1, 0.15) is 6.04 Å². The number of nitrogens with one attached hydrogen (secondary N) is 2. The van der Waals surface area contributed by atoms with Gasteiger partial charge >= 0.3 is 0 Å². The van der Waals surface area contributed by atoms with E-state index in [0.29, 0.717) is 51.3 Å². The fraction of sp³-hybridized carbons (Fsp3) is 0.333. The molecule has 2 N–H and O–H groups in total. The summed E-state index contributed by atoms with van der Waals surface area (Å²) in [5, 5.41) is 12.5. The van der Waals surface area contributed by atoms with Crippen molar-refractivity contribution < 1.29 is 19.1 Å². The van der Waals surface area contributed by atoms with Gasteiger partial charge in [-0.25, -0.2) is 4.68 Å². The van der Waals surface area contributed by atoms with Crippen LogP contribution in [0, 0.1) is 6.92 Å². The van der Waals surface area contributed by atoms with Crippen LogP contribution in [0.3, 0.4) is 0 Å². The minimum atomic E-state index is -0.643. The summed E-state index contributed by atoms with van der Waals surface area (Å²) in [6, 6.07) is 20.2. The van der Waals surface area contributed by atoms with Crippen LogP contribution in [0.1, 0.15) is 55.8 Å². The van der Waals surface area contributed by atoms with E-state index >= 15 is 0 Å². The van der Waals surface area contributed by atoms with Crippen LogP contribution in [0.5, 0.6) is 11.5 Å². The Morgan fingerprint density at radius 1 is 1.00 bits per heavy atom. The molecule has 1 fully saturated rings. The number of hydrogen-bond donors (Lipinski definition) is 2. The Morgan fingerprint density at radius 3 is 2.54 bits per heavy atom. The molecule has 10 nitrogen and oxygen atoms in total. The fourth-order valence-corrected chi connectivity index (χ4v) is 7.03. The molecular weight excluding hydrogens is 648 g/mol. The third-order valence-electron chi connectivity index (χ3n) is 8.43. The molecule has 2 aliphatic rings. The summed E-state index contributed by atoms with van der Waals surface area (Å²) < 4.78 is 13.8. The van der Waals surface area contributed by atoms with Crippen LogP contribution in [0.4, 0.5) is 11.6 Å². The molecule has 2 aliphatic heterocycles. The van der Waals surface area contributed by atoms with Crippen molar-refractivity contribution in [2.75, 3.05) is 36.9 Å². The van der Waals surface area contributed by atoms with Gasteiger partial charge in [0.15, 0.2) is 18.1 Å². The number of benzene rings is 3. The lowest BCUT2D eigenvalue weighted by atomic mass is 9.94. The third kappa shape index (κ3) is 7.47. The van der Waals surface area contributed by atoms with Crippen LogP contribution in [0.2, 0.25) is 5.02 Å². The smallest absolute Gasteiger partial charge is 0.260 e. The van der Waals surface area contributed by atoms with Gasteiger partial charge in [0, 0.05) is 35.2 Å². The van der Waals surface area contributed by atoms with Crippen molar-refractivity contribution in [3.63, 3.8) is 0 Å². The molecule has 4 aromatic rings. The molecule has 0 spiro atoms. The minimum Gasteiger partial charge on any atom is -0.490 e. The first-order valence-electron chi connectivity index (χ1n) is 16.2. The number of carbonyl (C=O) groups is 2. The van der Waals surface area contributed by atoms with Gasteiger partial charge in [-0.15, -0.1) is 5.10 Å². The molecule has 12 heteroatoms. The lowest BCUT2D eigenvalue weighted by molar-refractivity contribution is -0.134. The number of anilines is 2. The van der Waals surface area contributed by atoms with E-state index in [1.165, 1.54) is 11.8 Å². The molecule has 0 aliphatic carbocycles. The van der Waals surface area contributed by atoms with Crippen molar-refractivity contribution in [1.82, 2.24) is 19.7 Å². The van der Waals surface area contributed by atoms with Gasteiger partial charge in [-0.2, -0.15) is 4.98 Å². The average Bonchev–Trinajstić information content (AvgIpc) is 3.50. The van der Waals surface area contributed by atoms with Crippen LogP contribution in [-0.4, -0.2) is 57.8 Å². The van der Waals surface area contributed by atoms with Crippen LogP contribution in [0.25, 0.3) is 0 Å². The summed E-state index contributed by atoms with van der Waals surface area (Å²) in [5.74, 6) is 1.72. The predicted octanol–water partition coefficient (Wildman–Crippen LogP) is 7.25. The molecule has 48 heavy (non-hydrogen) atoms. The molecular formula is C36H39ClN6O4S. The highest BCUT2D eigenvalue weighted by molar-refractivity contribution is 7.98. The predicted molar refractivity (Wildman–Crippen MR) is 189 cm³/mol. The molecule has 1 atom stereocenters. The topological polar surface area (TPSA) is 111 Å². The van der Waals surface area contributed by atoms with Crippen LogP contribution in [0.15, 0.2) is 83.2 Å². The summed E-state index contributed by atoms with van der Waals surface area (Å²) in [6.07, 6.45) is 3.17. The number of allylic oxidation sites excluding steroid dienone is 1. The maximum absolute atomic E-state index is 14.1. The largest absolute Gasteiger partial charge is 0.490 e. The monoisotopic (exact) mass is 686 g/mol. The van der Waals surface area contributed by atoms with Gasteiger partial charge in [0.05, 0.1) is 12.2 Å². The van der Waals surface area contributed by atoms with E-state index < -0.39 is 6.04 Å². The average molecular weight is 687 g/mol. The molecule has 0 radical (unpaired) electrons. The van der Waals surface area contributed by atoms with E-state index in [1.807, 2.05) is 86.3 Å². The minimum absolute atomic E-state index is 0.0395. The van der Waals surface area contributed by atoms with Crippen LogP contribution >= 0.6 is 23.4 Å². The summed E-state index contributed by atoms with van der Waals surface area (Å²) in [7, 11) is 0. The van der Waals surface area contributed by atoms with Crippen molar-refractivity contribution in [2.45, 2.75) is 57.0 Å². The number of thioether (sulfide) groups is 1. The van der Waals surface area contributed by atoms with E-state index in [0.717, 1.165) is 54.7 Å². The first kappa shape index (κ1) is 33.4. The zero-order chi connectivity index (χ0) is 33.6. The molecule has 1 aromatic heterocycles. The highest BCUT2D eigenvalue weighted by atomic mass is 35.5. The highest BCUT2D eigenvalue weighted by Crippen LogP contribution is 2.40. The Morgan fingerprint density at radius 2 is 1.77 bits per heavy atom. The van der Waals surface area contributed by atoms with Crippen molar-refractivity contribution in [2.24, 2.45) is 0 Å². The number of aromatic nitrogens is 3. The number of carbonyl (C=O) groups excluding carboxylic acids is 2. The lowest BCUT2D eigenvalue weighted by Gasteiger charge is -2.29. The van der Waals surface area contributed by atoms with Gasteiger partial charge in [-0.05, 0) is 81.0 Å². The molecule has 1 saturated heterocycles. The quantitative estimate of drug-likeness (QED) is 0.159. The summed E-state index contributed by atoms with van der Waals surface area (Å²) in [4.78, 5) is 33.6. The Bertz CT molecular complexity index is 1840. The van der Waals surface area contributed by atoms with E-state index in [1.54, 1.807) is 10.7 Å². The molecule has 250 valence electrons. The van der Waals surface area contributed by atoms with Crippen molar-refractivity contribution >= 4 is 46.8 Å². The number of fused-ring (bicyclic) bond motifs is 1. The zero-order valence-electron chi connectivity index (χ0n) is 27.3. The molecule has 2 amide bonds. The number of ether oxygens (including phenoxy) is 2. The number of amides is 2. The summed E-state index contributed by atoms with van der Waals surface area (Å²) >= 11 is 7.87. The number of piperidine rings is 1. The van der Waals surface area contributed by atoms with Gasteiger partial charge in [-0.1, -0.05) is 65.8 Å². The van der Waals surface area contributed by atoms with E-state index in [2.05, 4.69) is 10.6 Å². The van der Waals surface area contributed by atoms with E-state index in [9.17, 15) is 9.59 Å². The maximum atomic E-state index is 14.1. The Hall–Kier alpha value is -4.48. The summed E-state index contributed by atoms with van der Waals surface area (Å²) in [5.41, 5.74) is 4.53. The Labute approximate surface area is 289 Å². The number of hydrogen-bond acceptors (Lipinski definition) is 8. The van der Waals surface area contributed by atoms with Crippen molar-refractivity contribution in [3.8, 4) is 11.5 Å². The van der Waals surface area contributed by atoms with Gasteiger partial charge in [-0.3, -0.25) is 9.59 Å². The lowest BCUT2D eigenvalue weighted by Crippen LogP contribution is -2.38. The normalized spacial score (nSPS) is 15.8. The number of halogens is 1.